The highest BCUT2D eigenvalue weighted by molar-refractivity contribution is 6.41. The molecule has 1 heterocycles. The number of pyridine rings is 1. The van der Waals surface area contributed by atoms with Crippen LogP contribution in [0.4, 0.5) is 0 Å². The summed E-state index contributed by atoms with van der Waals surface area (Å²) in [7, 11) is 1.60. The first-order valence-electron chi connectivity index (χ1n) is 5.82. The highest BCUT2D eigenvalue weighted by Crippen LogP contribution is 2.19. The van der Waals surface area contributed by atoms with E-state index in [-0.39, 0.29) is 16.1 Å². The van der Waals surface area contributed by atoms with E-state index in [4.69, 9.17) is 27.9 Å². The minimum absolute atomic E-state index is 0.177. The van der Waals surface area contributed by atoms with Crippen molar-refractivity contribution in [3.63, 3.8) is 0 Å². The summed E-state index contributed by atoms with van der Waals surface area (Å²) in [5, 5.41) is 3.20. The fraction of sp³-hybridized carbons (Fsp3) is 0.143. The molecule has 0 unspecified atom stereocenters. The highest BCUT2D eigenvalue weighted by atomic mass is 35.5. The topological polar surface area (TPSA) is 51.2 Å². The Bertz CT molecular complexity index is 632. The maximum absolute atomic E-state index is 12.0. The monoisotopic (exact) mass is 310 g/mol. The Kier molecular flexibility index (Phi) is 4.82. The lowest BCUT2D eigenvalue weighted by Gasteiger charge is -2.07. The smallest absolute Gasteiger partial charge is 0.253 e. The number of hydrogen-bond acceptors (Lipinski definition) is 3. The minimum Gasteiger partial charge on any atom is -0.497 e. The van der Waals surface area contributed by atoms with E-state index in [1.165, 1.54) is 12.3 Å². The number of carbonyl (C=O) groups excluding carboxylic acids is 1. The fourth-order valence-electron chi connectivity index (χ4n) is 1.61. The summed E-state index contributed by atoms with van der Waals surface area (Å²) in [5.74, 6) is 0.479. The molecule has 1 aromatic heterocycles. The second-order valence-electron chi connectivity index (χ2n) is 4.03. The molecule has 0 spiro atoms. The van der Waals surface area contributed by atoms with Gasteiger partial charge in [0.2, 0.25) is 0 Å². The zero-order chi connectivity index (χ0) is 14.5. The Hall–Kier alpha value is -1.78. The van der Waals surface area contributed by atoms with Gasteiger partial charge in [0.25, 0.3) is 5.91 Å². The molecule has 104 valence electrons. The van der Waals surface area contributed by atoms with Gasteiger partial charge in [0.1, 0.15) is 10.9 Å². The van der Waals surface area contributed by atoms with E-state index >= 15 is 0 Å². The summed E-state index contributed by atoms with van der Waals surface area (Å²) < 4.78 is 5.12. The molecule has 0 aliphatic rings. The lowest BCUT2D eigenvalue weighted by molar-refractivity contribution is 0.0950. The number of ether oxygens (including phenoxy) is 1. The summed E-state index contributed by atoms with van der Waals surface area (Å²) in [6.07, 6.45) is 1.38. The number of benzene rings is 1. The van der Waals surface area contributed by atoms with Crippen LogP contribution in [0.1, 0.15) is 15.9 Å². The molecule has 1 N–H and O–H groups in total. The number of methoxy groups -OCH3 is 1. The Morgan fingerprint density at radius 1 is 1.35 bits per heavy atom. The quantitative estimate of drug-likeness (QED) is 0.881. The second-order valence-corrected chi connectivity index (χ2v) is 4.80. The average Bonchev–Trinajstić information content (AvgIpc) is 2.47. The molecular weight excluding hydrogens is 299 g/mol. The summed E-state index contributed by atoms with van der Waals surface area (Å²) in [5.41, 5.74) is 1.30. The minimum atomic E-state index is -0.265. The number of rotatable bonds is 4. The third-order valence-corrected chi connectivity index (χ3v) is 3.33. The summed E-state index contributed by atoms with van der Waals surface area (Å²) in [6, 6.07) is 8.94. The number of hydrogen-bond donors (Lipinski definition) is 1. The van der Waals surface area contributed by atoms with Crippen molar-refractivity contribution in [3.8, 4) is 5.75 Å². The zero-order valence-electron chi connectivity index (χ0n) is 10.7. The predicted octanol–water partition coefficient (Wildman–Crippen LogP) is 3.33. The first-order valence-corrected chi connectivity index (χ1v) is 6.58. The second kappa shape index (κ2) is 6.59. The molecule has 2 rings (SSSR count). The van der Waals surface area contributed by atoms with Crippen molar-refractivity contribution in [1.29, 1.82) is 0 Å². The first kappa shape index (κ1) is 14.6. The molecular formula is C14H12Cl2N2O2. The van der Waals surface area contributed by atoms with Crippen LogP contribution in [0.15, 0.2) is 36.5 Å². The van der Waals surface area contributed by atoms with Crippen molar-refractivity contribution >= 4 is 29.1 Å². The molecule has 2 aromatic rings. The molecule has 0 saturated carbocycles. The van der Waals surface area contributed by atoms with Crippen LogP contribution in [-0.2, 0) is 6.54 Å². The summed E-state index contributed by atoms with van der Waals surface area (Å²) >= 11 is 11.5. The molecule has 20 heavy (non-hydrogen) atoms. The molecule has 0 fully saturated rings. The molecule has 0 bridgehead atoms. The average molecular weight is 311 g/mol. The third kappa shape index (κ3) is 3.62. The standard InChI is InChI=1S/C14H12Cl2N2O2/c1-20-11-4-2-3-9(5-11)7-18-14(19)10-6-12(15)13(16)17-8-10/h2-6,8H,7H2,1H3,(H,18,19). The predicted molar refractivity (Wildman–Crippen MR) is 78.4 cm³/mol. The molecule has 0 saturated heterocycles. The van der Waals surface area contributed by atoms with Crippen LogP contribution in [-0.4, -0.2) is 18.0 Å². The van der Waals surface area contributed by atoms with Gasteiger partial charge >= 0.3 is 0 Å². The van der Waals surface area contributed by atoms with Crippen molar-refractivity contribution in [2.45, 2.75) is 6.54 Å². The Morgan fingerprint density at radius 2 is 2.15 bits per heavy atom. The summed E-state index contributed by atoms with van der Waals surface area (Å²) in [4.78, 5) is 15.8. The molecule has 1 aromatic carbocycles. The van der Waals surface area contributed by atoms with Crippen molar-refractivity contribution < 1.29 is 9.53 Å². The van der Waals surface area contributed by atoms with Crippen LogP contribution in [0.2, 0.25) is 10.2 Å². The van der Waals surface area contributed by atoms with Gasteiger partial charge in [-0.15, -0.1) is 0 Å². The number of amides is 1. The van der Waals surface area contributed by atoms with Crippen molar-refractivity contribution in [3.05, 3.63) is 57.8 Å². The Balaban J connectivity index is 2.02. The highest BCUT2D eigenvalue weighted by Gasteiger charge is 2.09. The van der Waals surface area contributed by atoms with E-state index in [2.05, 4.69) is 10.3 Å². The maximum Gasteiger partial charge on any atom is 0.253 e. The van der Waals surface area contributed by atoms with Gasteiger partial charge in [-0.2, -0.15) is 0 Å². The molecule has 0 aliphatic carbocycles. The van der Waals surface area contributed by atoms with Gasteiger partial charge in [0, 0.05) is 12.7 Å². The van der Waals surface area contributed by atoms with Crippen molar-refractivity contribution in [2.75, 3.05) is 7.11 Å². The van der Waals surface area contributed by atoms with Gasteiger partial charge < -0.3 is 10.1 Å². The SMILES string of the molecule is COc1cccc(CNC(=O)c2cnc(Cl)c(Cl)c2)c1. The number of carbonyl (C=O) groups is 1. The van der Waals surface area contributed by atoms with E-state index in [1.807, 2.05) is 24.3 Å². The lowest BCUT2D eigenvalue weighted by Crippen LogP contribution is -2.22. The van der Waals surface area contributed by atoms with Gasteiger partial charge in [-0.3, -0.25) is 4.79 Å². The Morgan fingerprint density at radius 3 is 2.85 bits per heavy atom. The van der Waals surface area contributed by atoms with Crippen LogP contribution in [0.3, 0.4) is 0 Å². The number of aromatic nitrogens is 1. The van der Waals surface area contributed by atoms with Gasteiger partial charge in [0.05, 0.1) is 17.7 Å². The molecule has 0 atom stereocenters. The van der Waals surface area contributed by atoms with Gasteiger partial charge in [-0.25, -0.2) is 4.98 Å². The van der Waals surface area contributed by atoms with E-state index in [9.17, 15) is 4.79 Å². The van der Waals surface area contributed by atoms with Gasteiger partial charge in [0.15, 0.2) is 0 Å². The van der Waals surface area contributed by atoms with E-state index in [0.717, 1.165) is 11.3 Å². The van der Waals surface area contributed by atoms with E-state index < -0.39 is 0 Å². The zero-order valence-corrected chi connectivity index (χ0v) is 12.2. The molecule has 1 amide bonds. The molecule has 0 aliphatic heterocycles. The number of nitrogens with zero attached hydrogens (tertiary/aromatic N) is 1. The van der Waals surface area contributed by atoms with Crippen molar-refractivity contribution in [2.24, 2.45) is 0 Å². The maximum atomic E-state index is 12.0. The molecule has 0 radical (unpaired) electrons. The fourth-order valence-corrected chi connectivity index (χ4v) is 1.88. The molecule has 6 heteroatoms. The largest absolute Gasteiger partial charge is 0.497 e. The van der Waals surface area contributed by atoms with Crippen LogP contribution < -0.4 is 10.1 Å². The van der Waals surface area contributed by atoms with Crippen LogP contribution in [0.25, 0.3) is 0 Å². The van der Waals surface area contributed by atoms with Crippen molar-refractivity contribution in [1.82, 2.24) is 10.3 Å². The van der Waals surface area contributed by atoms with Crippen LogP contribution in [0.5, 0.6) is 5.75 Å². The Labute approximate surface area is 126 Å². The van der Waals surface area contributed by atoms with Crippen LogP contribution >= 0.6 is 23.2 Å². The van der Waals surface area contributed by atoms with Gasteiger partial charge in [-0.05, 0) is 23.8 Å². The third-order valence-electron chi connectivity index (χ3n) is 2.65. The van der Waals surface area contributed by atoms with Crippen LogP contribution in [0, 0.1) is 0 Å². The first-order chi connectivity index (χ1) is 9.60. The summed E-state index contributed by atoms with van der Waals surface area (Å²) in [6.45, 7) is 0.385. The van der Waals surface area contributed by atoms with Gasteiger partial charge in [-0.1, -0.05) is 35.3 Å². The van der Waals surface area contributed by atoms with E-state index in [1.54, 1.807) is 7.11 Å². The number of nitrogens with one attached hydrogen (secondary N) is 1. The van der Waals surface area contributed by atoms with E-state index in [0.29, 0.717) is 12.1 Å². The lowest BCUT2D eigenvalue weighted by atomic mass is 10.2. The molecule has 4 nitrogen and oxygen atoms in total. The number of halogens is 2. The normalized spacial score (nSPS) is 10.2.